The first-order chi connectivity index (χ1) is 14.5. The van der Waals surface area contributed by atoms with E-state index in [0.29, 0.717) is 11.3 Å². The maximum absolute atomic E-state index is 13.7. The lowest BCUT2D eigenvalue weighted by Crippen LogP contribution is -2.42. The molecule has 0 fully saturated rings. The summed E-state index contributed by atoms with van der Waals surface area (Å²) in [6, 6.07) is 7.74. The number of nitrogens with one attached hydrogen (secondary N) is 3. The molecule has 0 spiro atoms. The molecule has 1 heterocycles. The van der Waals surface area contributed by atoms with Gasteiger partial charge in [-0.3, -0.25) is 10.2 Å². The molecule has 10 nitrogen and oxygen atoms in total. The van der Waals surface area contributed by atoms with Gasteiger partial charge in [-0.15, -0.1) is 4.83 Å². The van der Waals surface area contributed by atoms with Gasteiger partial charge in [-0.25, -0.2) is 30.9 Å². The molecule has 13 heteroatoms. The predicted octanol–water partition coefficient (Wildman–Crippen LogP) is 0.732. The molecule has 0 aliphatic carbocycles. The summed E-state index contributed by atoms with van der Waals surface area (Å²) in [7, 11) is -7.86. The van der Waals surface area contributed by atoms with E-state index in [1.165, 1.54) is 18.2 Å². The van der Waals surface area contributed by atoms with Crippen LogP contribution in [0.1, 0.15) is 21.7 Å². The van der Waals surface area contributed by atoms with Crippen molar-refractivity contribution in [2.75, 3.05) is 13.2 Å². The molecule has 1 aromatic carbocycles. The number of benzene rings is 1. The molecule has 0 bridgehead atoms. The van der Waals surface area contributed by atoms with Crippen LogP contribution in [0.5, 0.6) is 0 Å². The molecule has 31 heavy (non-hydrogen) atoms. The van der Waals surface area contributed by atoms with Gasteiger partial charge in [0.2, 0.25) is 10.0 Å². The highest BCUT2D eigenvalue weighted by Crippen LogP contribution is 2.12. The van der Waals surface area contributed by atoms with E-state index in [-0.39, 0.29) is 25.5 Å². The maximum Gasteiger partial charge on any atom is 0.284 e. The van der Waals surface area contributed by atoms with Crippen LogP contribution in [0.15, 0.2) is 53.3 Å². The van der Waals surface area contributed by atoms with E-state index >= 15 is 0 Å². The van der Waals surface area contributed by atoms with Crippen LogP contribution >= 0.6 is 0 Å². The van der Waals surface area contributed by atoms with Crippen LogP contribution in [0, 0.1) is 12.7 Å². The molecule has 2 rings (SSSR count). The molecule has 0 unspecified atom stereocenters. The number of hydrogen-bond donors (Lipinski definition) is 3. The van der Waals surface area contributed by atoms with E-state index in [2.05, 4.69) is 16.3 Å². The first-order valence-electron chi connectivity index (χ1n) is 8.78. The zero-order valence-corrected chi connectivity index (χ0v) is 18.1. The Hall–Kier alpha value is -2.71. The molecule has 0 radical (unpaired) electrons. The lowest BCUT2D eigenvalue weighted by Gasteiger charge is -2.10. The van der Waals surface area contributed by atoms with Crippen molar-refractivity contribution in [3.63, 3.8) is 0 Å². The van der Waals surface area contributed by atoms with Crippen molar-refractivity contribution >= 4 is 26.0 Å². The number of nitrogens with zero attached hydrogens (tertiary/aromatic N) is 1. The molecule has 1 aromatic heterocycles. The molecular weight excluding hydrogens is 451 g/mol. The Morgan fingerprint density at radius 1 is 1.23 bits per heavy atom. The van der Waals surface area contributed by atoms with Gasteiger partial charge in [0.05, 0.1) is 13.2 Å². The van der Waals surface area contributed by atoms with Crippen molar-refractivity contribution in [1.82, 2.24) is 20.0 Å². The minimum absolute atomic E-state index is 0.0313. The molecule has 0 aliphatic heterocycles. The summed E-state index contributed by atoms with van der Waals surface area (Å²) < 4.78 is 68.1. The summed E-state index contributed by atoms with van der Waals surface area (Å²) in [6.07, 6.45) is 0. The summed E-state index contributed by atoms with van der Waals surface area (Å²) in [5.41, 5.74) is 2.92. The summed E-state index contributed by atoms with van der Waals surface area (Å²) in [5, 5.41) is 0.782. The quantitative estimate of drug-likeness (QED) is 0.323. The zero-order chi connectivity index (χ0) is 23.1. The predicted molar refractivity (Wildman–Crippen MR) is 110 cm³/mol. The summed E-state index contributed by atoms with van der Waals surface area (Å²) >= 11 is 0. The van der Waals surface area contributed by atoms with Crippen molar-refractivity contribution < 1.29 is 30.8 Å². The van der Waals surface area contributed by atoms with Gasteiger partial charge in [-0.1, -0.05) is 18.7 Å². The van der Waals surface area contributed by atoms with E-state index in [1.54, 1.807) is 13.0 Å². The van der Waals surface area contributed by atoms with Crippen molar-refractivity contribution in [2.24, 2.45) is 0 Å². The zero-order valence-electron chi connectivity index (χ0n) is 16.5. The van der Waals surface area contributed by atoms with Crippen LogP contribution in [-0.2, 0) is 31.4 Å². The van der Waals surface area contributed by atoms with E-state index in [4.69, 9.17) is 4.74 Å². The second kappa shape index (κ2) is 10.5. The average Bonchev–Trinajstić information content (AvgIpc) is 2.71. The molecular formula is C18H21FN4O6S2. The van der Waals surface area contributed by atoms with Gasteiger partial charge < -0.3 is 4.74 Å². The largest absolute Gasteiger partial charge is 0.375 e. The number of hydrazine groups is 1. The number of amides is 1. The van der Waals surface area contributed by atoms with E-state index in [0.717, 1.165) is 17.5 Å². The SMILES string of the molecule is C=CS(=O)(=O)NCCOCc1cc(C)nc(C(=O)NNS(=O)(=O)c2ccccc2F)c1. The topological polar surface area (TPSA) is 144 Å². The smallest absolute Gasteiger partial charge is 0.284 e. The first kappa shape index (κ1) is 24.6. The number of carbonyl (C=O) groups is 1. The molecule has 0 aliphatic rings. The van der Waals surface area contributed by atoms with Crippen molar-refractivity contribution in [3.05, 3.63) is 71.2 Å². The first-order valence-corrected chi connectivity index (χ1v) is 11.8. The fourth-order valence-electron chi connectivity index (χ4n) is 2.34. The van der Waals surface area contributed by atoms with Gasteiger partial charge >= 0.3 is 0 Å². The third-order valence-corrected chi connectivity index (χ3v) is 6.03. The third kappa shape index (κ3) is 7.48. The minimum Gasteiger partial charge on any atom is -0.375 e. The Balaban J connectivity index is 1.97. The van der Waals surface area contributed by atoms with Crippen molar-refractivity contribution in [3.8, 4) is 0 Å². The van der Waals surface area contributed by atoms with Gasteiger partial charge in [-0.2, -0.15) is 0 Å². The van der Waals surface area contributed by atoms with Gasteiger partial charge in [0.25, 0.3) is 15.9 Å². The molecule has 168 valence electrons. The van der Waals surface area contributed by atoms with Gasteiger partial charge in [0.1, 0.15) is 16.4 Å². The average molecular weight is 473 g/mol. The highest BCUT2D eigenvalue weighted by atomic mass is 32.2. The Bertz CT molecular complexity index is 1170. The van der Waals surface area contributed by atoms with Crippen molar-refractivity contribution in [1.29, 1.82) is 0 Å². The second-order valence-electron chi connectivity index (χ2n) is 6.15. The lowest BCUT2D eigenvalue weighted by molar-refractivity contribution is 0.0939. The van der Waals surface area contributed by atoms with E-state index in [9.17, 15) is 26.0 Å². The Morgan fingerprint density at radius 3 is 2.61 bits per heavy atom. The molecule has 3 N–H and O–H groups in total. The van der Waals surface area contributed by atoms with Crippen LogP contribution in [0.2, 0.25) is 0 Å². The van der Waals surface area contributed by atoms with E-state index in [1.807, 2.05) is 10.3 Å². The number of sulfonamides is 2. The van der Waals surface area contributed by atoms with Crippen LogP contribution in [0.3, 0.4) is 0 Å². The van der Waals surface area contributed by atoms with Crippen LogP contribution in [0.4, 0.5) is 4.39 Å². The van der Waals surface area contributed by atoms with Gasteiger partial charge in [-0.05, 0) is 36.8 Å². The highest BCUT2D eigenvalue weighted by Gasteiger charge is 2.20. The Morgan fingerprint density at radius 2 is 1.94 bits per heavy atom. The molecule has 2 aromatic rings. The number of pyridine rings is 1. The normalized spacial score (nSPS) is 11.8. The van der Waals surface area contributed by atoms with Crippen LogP contribution < -0.4 is 15.0 Å². The molecule has 1 amide bonds. The monoisotopic (exact) mass is 472 g/mol. The lowest BCUT2D eigenvalue weighted by atomic mass is 10.2. The second-order valence-corrected chi connectivity index (χ2v) is 9.51. The number of ether oxygens (including phenoxy) is 1. The molecule has 0 atom stereocenters. The number of carbonyl (C=O) groups excluding carboxylic acids is 1. The summed E-state index contributed by atoms with van der Waals surface area (Å²) in [4.78, 5) is 17.5. The fourth-order valence-corrected chi connectivity index (χ4v) is 3.75. The Labute approximate surface area is 179 Å². The van der Waals surface area contributed by atoms with Crippen LogP contribution in [-0.4, -0.2) is 40.9 Å². The number of aromatic nitrogens is 1. The maximum atomic E-state index is 13.7. The standard InChI is InChI=1S/C18H21FN4O6S2/c1-3-30(25,26)20-8-9-29-12-14-10-13(2)21-16(11-14)18(24)22-23-31(27,28)17-7-5-4-6-15(17)19/h3-7,10-11,20,23H,1,8-9,12H2,2H3,(H,22,24). The highest BCUT2D eigenvalue weighted by molar-refractivity contribution is 7.92. The van der Waals surface area contributed by atoms with Crippen molar-refractivity contribution in [2.45, 2.75) is 18.4 Å². The van der Waals surface area contributed by atoms with Crippen LogP contribution in [0.25, 0.3) is 0 Å². The summed E-state index contributed by atoms with van der Waals surface area (Å²) in [5.74, 6) is -1.82. The molecule has 0 saturated heterocycles. The third-order valence-electron chi connectivity index (χ3n) is 3.71. The number of hydrogen-bond acceptors (Lipinski definition) is 7. The Kier molecular flexibility index (Phi) is 8.36. The number of halogens is 1. The number of aryl methyl sites for hydroxylation is 1. The van der Waals surface area contributed by atoms with Gasteiger partial charge in [0, 0.05) is 17.6 Å². The fraction of sp³-hybridized carbons (Fsp3) is 0.222. The number of rotatable bonds is 11. The summed E-state index contributed by atoms with van der Waals surface area (Å²) in [6.45, 7) is 4.95. The molecule has 0 saturated carbocycles. The van der Waals surface area contributed by atoms with Gasteiger partial charge in [0.15, 0.2) is 0 Å². The minimum atomic E-state index is -4.32. The van der Waals surface area contributed by atoms with E-state index < -0.39 is 36.7 Å².